The molecular weight excluding hydrogens is 326 g/mol. The maximum atomic E-state index is 6.27. The van der Waals surface area contributed by atoms with Crippen LogP contribution in [0.15, 0.2) is 41.0 Å². The number of fused-ring (bicyclic) bond motifs is 1. The molecule has 0 aliphatic carbocycles. The van der Waals surface area contributed by atoms with E-state index in [1.165, 1.54) is 5.56 Å². The Morgan fingerprint density at radius 3 is 2.48 bits per heavy atom. The summed E-state index contributed by atoms with van der Waals surface area (Å²) in [5, 5.41) is 0. The number of benzene rings is 1. The molecule has 0 atom stereocenters. The normalized spacial score (nSPS) is 11.5. The summed E-state index contributed by atoms with van der Waals surface area (Å²) in [7, 11) is 0. The van der Waals surface area contributed by atoms with Crippen molar-refractivity contribution >= 4 is 27.4 Å². The molecule has 0 aliphatic heterocycles. The van der Waals surface area contributed by atoms with Gasteiger partial charge in [-0.3, -0.25) is 4.40 Å². The summed E-state index contributed by atoms with van der Waals surface area (Å²) < 4.78 is 2.95. The fraction of sp³-hybridized carbons (Fsp3) is 0.235. The van der Waals surface area contributed by atoms with Gasteiger partial charge in [-0.2, -0.15) is 0 Å². The number of imidazole rings is 1. The van der Waals surface area contributed by atoms with Crippen molar-refractivity contribution in [1.82, 2.24) is 9.38 Å². The first-order valence-electron chi connectivity index (χ1n) is 7.01. The Morgan fingerprint density at radius 2 is 1.86 bits per heavy atom. The maximum Gasteiger partial charge on any atom is 0.139 e. The molecule has 2 N–H and O–H groups in total. The van der Waals surface area contributed by atoms with Gasteiger partial charge in [-0.25, -0.2) is 4.98 Å². The predicted molar refractivity (Wildman–Crippen MR) is 91.6 cm³/mol. The predicted octanol–water partition coefficient (Wildman–Crippen LogP) is 4.78. The zero-order chi connectivity index (χ0) is 15.1. The van der Waals surface area contributed by atoms with Crippen LogP contribution in [0.2, 0.25) is 0 Å². The third kappa shape index (κ3) is 2.44. The Bertz CT molecular complexity index is 801. The third-order valence-electron chi connectivity index (χ3n) is 3.79. The van der Waals surface area contributed by atoms with E-state index in [1.54, 1.807) is 0 Å². The van der Waals surface area contributed by atoms with Crippen molar-refractivity contribution in [2.75, 3.05) is 5.73 Å². The zero-order valence-corrected chi connectivity index (χ0v) is 14.0. The summed E-state index contributed by atoms with van der Waals surface area (Å²) in [6.45, 7) is 6.43. The van der Waals surface area contributed by atoms with Gasteiger partial charge in [0.1, 0.15) is 17.2 Å². The zero-order valence-electron chi connectivity index (χ0n) is 12.4. The molecule has 21 heavy (non-hydrogen) atoms. The number of rotatable bonds is 2. The van der Waals surface area contributed by atoms with E-state index < -0.39 is 0 Å². The molecule has 0 fully saturated rings. The summed E-state index contributed by atoms with van der Waals surface area (Å²) >= 11 is 3.54. The third-order valence-corrected chi connectivity index (χ3v) is 4.62. The SMILES string of the molecule is Cc1cc2nc(-c3ccc(C(C)C)cc3)c(N)n2cc1Br. The van der Waals surface area contributed by atoms with E-state index in [1.807, 2.05) is 23.6 Å². The van der Waals surface area contributed by atoms with E-state index in [2.05, 4.69) is 59.0 Å². The minimum Gasteiger partial charge on any atom is -0.383 e. The molecule has 0 bridgehead atoms. The van der Waals surface area contributed by atoms with Crippen molar-refractivity contribution in [3.63, 3.8) is 0 Å². The number of aryl methyl sites for hydroxylation is 1. The molecule has 0 aliphatic rings. The molecule has 1 aromatic carbocycles. The summed E-state index contributed by atoms with van der Waals surface area (Å²) in [6.07, 6.45) is 1.97. The van der Waals surface area contributed by atoms with Crippen LogP contribution in [-0.2, 0) is 0 Å². The monoisotopic (exact) mass is 343 g/mol. The molecular formula is C17H18BrN3. The fourth-order valence-corrected chi connectivity index (χ4v) is 2.74. The molecule has 2 aromatic heterocycles. The molecule has 4 heteroatoms. The molecule has 3 aromatic rings. The van der Waals surface area contributed by atoms with Crippen molar-refractivity contribution in [1.29, 1.82) is 0 Å². The second-order valence-electron chi connectivity index (χ2n) is 5.65. The fourth-order valence-electron chi connectivity index (χ4n) is 2.42. The molecule has 3 nitrogen and oxygen atoms in total. The lowest BCUT2D eigenvalue weighted by Gasteiger charge is -2.06. The average molecular weight is 344 g/mol. The van der Waals surface area contributed by atoms with E-state index >= 15 is 0 Å². The van der Waals surface area contributed by atoms with Gasteiger partial charge in [-0.15, -0.1) is 0 Å². The highest BCUT2D eigenvalue weighted by molar-refractivity contribution is 9.10. The van der Waals surface area contributed by atoms with Crippen LogP contribution >= 0.6 is 15.9 Å². The van der Waals surface area contributed by atoms with Gasteiger partial charge >= 0.3 is 0 Å². The lowest BCUT2D eigenvalue weighted by molar-refractivity contribution is 0.867. The largest absolute Gasteiger partial charge is 0.383 e. The summed E-state index contributed by atoms with van der Waals surface area (Å²) in [5.74, 6) is 1.19. The first-order chi connectivity index (χ1) is 9.97. The topological polar surface area (TPSA) is 43.3 Å². The number of hydrogen-bond donors (Lipinski definition) is 1. The summed E-state index contributed by atoms with van der Waals surface area (Å²) in [4.78, 5) is 4.68. The van der Waals surface area contributed by atoms with Gasteiger partial charge in [0, 0.05) is 16.2 Å². The summed E-state index contributed by atoms with van der Waals surface area (Å²) in [6, 6.07) is 10.5. The van der Waals surface area contributed by atoms with E-state index in [-0.39, 0.29) is 0 Å². The lowest BCUT2D eigenvalue weighted by Crippen LogP contribution is -1.95. The molecule has 108 valence electrons. The maximum absolute atomic E-state index is 6.27. The second kappa shape index (κ2) is 5.19. The second-order valence-corrected chi connectivity index (χ2v) is 6.51. The van der Waals surface area contributed by atoms with Gasteiger partial charge in [-0.05, 0) is 46.0 Å². The van der Waals surface area contributed by atoms with Crippen LogP contribution in [0, 0.1) is 6.92 Å². The number of aromatic nitrogens is 2. The Hall–Kier alpha value is -1.81. The van der Waals surface area contributed by atoms with Gasteiger partial charge in [0.2, 0.25) is 0 Å². The first kappa shape index (κ1) is 14.1. The van der Waals surface area contributed by atoms with E-state index in [0.29, 0.717) is 11.7 Å². The van der Waals surface area contributed by atoms with Crippen LogP contribution in [0.4, 0.5) is 5.82 Å². The van der Waals surface area contributed by atoms with Crippen LogP contribution < -0.4 is 5.73 Å². The number of hydrogen-bond acceptors (Lipinski definition) is 2. The van der Waals surface area contributed by atoms with Crippen molar-refractivity contribution in [2.24, 2.45) is 0 Å². The molecule has 0 radical (unpaired) electrons. The van der Waals surface area contributed by atoms with Gasteiger partial charge in [-0.1, -0.05) is 38.1 Å². The highest BCUT2D eigenvalue weighted by Gasteiger charge is 2.12. The van der Waals surface area contributed by atoms with Crippen LogP contribution in [0.25, 0.3) is 16.9 Å². The lowest BCUT2D eigenvalue weighted by atomic mass is 10.0. The number of pyridine rings is 1. The Morgan fingerprint density at radius 1 is 1.19 bits per heavy atom. The number of nitrogens with two attached hydrogens (primary N) is 1. The molecule has 3 rings (SSSR count). The minimum absolute atomic E-state index is 0.524. The smallest absolute Gasteiger partial charge is 0.139 e. The van der Waals surface area contributed by atoms with Crippen molar-refractivity contribution in [3.05, 3.63) is 52.1 Å². The quantitative estimate of drug-likeness (QED) is 0.727. The Labute approximate surface area is 132 Å². The molecule has 0 amide bonds. The molecule has 0 saturated carbocycles. The van der Waals surface area contributed by atoms with Crippen LogP contribution in [-0.4, -0.2) is 9.38 Å². The van der Waals surface area contributed by atoms with Crippen LogP contribution in [0.3, 0.4) is 0 Å². The standard InChI is InChI=1S/C17H18BrN3/c1-10(2)12-4-6-13(7-5-12)16-17(19)21-9-14(18)11(3)8-15(21)20-16/h4-10H,19H2,1-3H3. The number of nitrogens with zero attached hydrogens (tertiary/aromatic N) is 2. The summed E-state index contributed by atoms with van der Waals surface area (Å²) in [5.41, 5.74) is 11.5. The molecule has 2 heterocycles. The van der Waals surface area contributed by atoms with Crippen molar-refractivity contribution in [3.8, 4) is 11.3 Å². The highest BCUT2D eigenvalue weighted by Crippen LogP contribution is 2.29. The van der Waals surface area contributed by atoms with E-state index in [0.717, 1.165) is 26.9 Å². The minimum atomic E-state index is 0.524. The Balaban J connectivity index is 2.14. The van der Waals surface area contributed by atoms with Crippen LogP contribution in [0.1, 0.15) is 30.9 Å². The van der Waals surface area contributed by atoms with Gasteiger partial charge in [0.05, 0.1) is 0 Å². The van der Waals surface area contributed by atoms with Crippen molar-refractivity contribution < 1.29 is 0 Å². The Kier molecular flexibility index (Phi) is 3.49. The van der Waals surface area contributed by atoms with Crippen molar-refractivity contribution in [2.45, 2.75) is 26.7 Å². The number of anilines is 1. The molecule has 0 saturated heterocycles. The average Bonchev–Trinajstić information content (AvgIpc) is 2.77. The molecule has 0 unspecified atom stereocenters. The molecule has 0 spiro atoms. The number of halogens is 1. The van der Waals surface area contributed by atoms with Gasteiger partial charge in [0.25, 0.3) is 0 Å². The van der Waals surface area contributed by atoms with E-state index in [9.17, 15) is 0 Å². The first-order valence-corrected chi connectivity index (χ1v) is 7.80. The van der Waals surface area contributed by atoms with E-state index in [4.69, 9.17) is 5.73 Å². The van der Waals surface area contributed by atoms with Gasteiger partial charge < -0.3 is 5.73 Å². The van der Waals surface area contributed by atoms with Gasteiger partial charge in [0.15, 0.2) is 0 Å². The van der Waals surface area contributed by atoms with Crippen LogP contribution in [0.5, 0.6) is 0 Å². The highest BCUT2D eigenvalue weighted by atomic mass is 79.9. The number of nitrogen functional groups attached to an aromatic ring is 1.